The minimum absolute atomic E-state index is 0.00811. The van der Waals surface area contributed by atoms with Crippen molar-refractivity contribution in [3.63, 3.8) is 0 Å². The third kappa shape index (κ3) is 4.01. The number of carbonyl (C=O) groups excluding carboxylic acids is 2. The number of amides is 1. The maximum atomic E-state index is 11.7. The number of nitrogens with one attached hydrogen (secondary N) is 1. The Balaban J connectivity index is 2.16. The van der Waals surface area contributed by atoms with Crippen molar-refractivity contribution < 1.29 is 34.3 Å². The molecule has 0 radical (unpaired) electrons. The highest BCUT2D eigenvalue weighted by Crippen LogP contribution is 2.33. The van der Waals surface area contributed by atoms with Gasteiger partial charge < -0.3 is 30.0 Å². The number of aromatic hydroxyl groups is 1. The molecule has 1 aromatic rings. The number of benzene rings is 1. The molecule has 2 rings (SSSR count). The normalized spacial score (nSPS) is 16.3. The van der Waals surface area contributed by atoms with E-state index in [0.29, 0.717) is 5.56 Å². The van der Waals surface area contributed by atoms with Gasteiger partial charge in [0.2, 0.25) is 5.91 Å². The lowest BCUT2D eigenvalue weighted by Crippen LogP contribution is -2.53. The molecule has 1 amide bonds. The molecule has 4 N–H and O–H groups in total. The average Bonchev–Trinajstić information content (AvgIpc) is 2.45. The van der Waals surface area contributed by atoms with Crippen LogP contribution in [0, 0.1) is 0 Å². The van der Waals surface area contributed by atoms with Crippen molar-refractivity contribution in [2.45, 2.75) is 32.1 Å². The molecule has 0 aromatic heterocycles. The number of hydrogen-bond acceptors (Lipinski definition) is 6. The van der Waals surface area contributed by atoms with Crippen LogP contribution in [0.4, 0.5) is 0 Å². The van der Waals surface area contributed by atoms with Crippen LogP contribution in [0.15, 0.2) is 12.1 Å². The van der Waals surface area contributed by atoms with Gasteiger partial charge in [-0.05, 0) is 31.0 Å². The predicted octanol–water partition coefficient (Wildman–Crippen LogP) is -0.101. The molecule has 8 nitrogen and oxygen atoms in total. The van der Waals surface area contributed by atoms with E-state index in [1.54, 1.807) is 0 Å². The summed E-state index contributed by atoms with van der Waals surface area (Å²) in [6.45, 7) is 1.37. The molecule has 0 fully saturated rings. The molecule has 0 saturated heterocycles. The second-order valence-electron chi connectivity index (χ2n) is 5.38. The minimum Gasteiger partial charge on any atom is -0.534 e. The summed E-state index contributed by atoms with van der Waals surface area (Å²) >= 11 is 0. The number of carboxylic acid groups (broad SMARTS) is 1. The van der Waals surface area contributed by atoms with Gasteiger partial charge in [-0.2, -0.15) is 0 Å². The molecule has 0 spiro atoms. The Morgan fingerprint density at radius 2 is 2.04 bits per heavy atom. The number of hydrogen-bond donors (Lipinski definition) is 4. The van der Waals surface area contributed by atoms with Crippen molar-refractivity contribution in [3.05, 3.63) is 23.3 Å². The highest BCUT2D eigenvalue weighted by molar-refractivity contribution is 6.47. The largest absolute Gasteiger partial charge is 0.547 e. The predicted molar refractivity (Wildman–Crippen MR) is 79.2 cm³/mol. The number of carboxylic acids is 1. The van der Waals surface area contributed by atoms with Crippen LogP contribution in [-0.2, 0) is 16.0 Å². The molecule has 1 heterocycles. The lowest BCUT2D eigenvalue weighted by atomic mass is 9.72. The molecule has 1 aromatic carbocycles. The van der Waals surface area contributed by atoms with Gasteiger partial charge in [-0.25, -0.2) is 4.79 Å². The Morgan fingerprint density at radius 3 is 2.65 bits per heavy atom. The zero-order chi connectivity index (χ0) is 17.1. The SMILES string of the molecule is CC(=O)CCC(=O)NC1Cc2cc(O)cc(C(=O)O)c2OB1O. The van der Waals surface area contributed by atoms with Gasteiger partial charge in [0.05, 0.1) is 5.94 Å². The van der Waals surface area contributed by atoms with Gasteiger partial charge in [-0.1, -0.05) is 0 Å². The quantitative estimate of drug-likeness (QED) is 0.556. The number of rotatable bonds is 5. The van der Waals surface area contributed by atoms with Crippen molar-refractivity contribution in [1.29, 1.82) is 0 Å². The van der Waals surface area contributed by atoms with Crippen LogP contribution in [0.2, 0.25) is 0 Å². The number of ketones is 1. The van der Waals surface area contributed by atoms with Gasteiger partial charge in [0.25, 0.3) is 0 Å². The third-order valence-electron chi connectivity index (χ3n) is 3.45. The molecule has 0 aliphatic carbocycles. The topological polar surface area (TPSA) is 133 Å². The number of phenols is 1. The molecule has 1 aliphatic rings. The van der Waals surface area contributed by atoms with Gasteiger partial charge >= 0.3 is 13.1 Å². The van der Waals surface area contributed by atoms with E-state index in [1.165, 1.54) is 13.0 Å². The van der Waals surface area contributed by atoms with E-state index >= 15 is 0 Å². The summed E-state index contributed by atoms with van der Waals surface area (Å²) in [5.41, 5.74) is 0.102. The number of carbonyl (C=O) groups is 3. The molecule has 122 valence electrons. The standard InChI is InChI=1S/C14H16BNO7/c1-7(17)2-3-12(19)16-11-5-8-4-9(18)6-10(14(20)21)13(8)23-15(11)22/h4,6,11,18,22H,2-3,5H2,1H3,(H,16,19)(H,20,21). The van der Waals surface area contributed by atoms with Gasteiger partial charge in [0, 0.05) is 12.8 Å². The fraction of sp³-hybridized carbons (Fsp3) is 0.357. The van der Waals surface area contributed by atoms with Crippen molar-refractivity contribution >= 4 is 24.8 Å². The second kappa shape index (κ2) is 6.70. The molecule has 9 heteroatoms. The van der Waals surface area contributed by atoms with E-state index in [4.69, 9.17) is 9.76 Å². The molecule has 1 aliphatic heterocycles. The molecule has 1 atom stereocenters. The van der Waals surface area contributed by atoms with E-state index in [1.807, 2.05) is 0 Å². The molecular weight excluding hydrogens is 305 g/mol. The Kier molecular flexibility index (Phi) is 4.90. The van der Waals surface area contributed by atoms with E-state index in [0.717, 1.165) is 6.07 Å². The first-order valence-electron chi connectivity index (χ1n) is 7.00. The number of Topliss-reactive ketones (excluding diaryl/α,β-unsaturated/α-hetero) is 1. The monoisotopic (exact) mass is 321 g/mol. The highest BCUT2D eigenvalue weighted by atomic mass is 16.5. The fourth-order valence-corrected chi connectivity index (χ4v) is 2.35. The van der Waals surface area contributed by atoms with Crippen molar-refractivity contribution in [3.8, 4) is 11.5 Å². The van der Waals surface area contributed by atoms with Crippen LogP contribution < -0.4 is 9.97 Å². The Morgan fingerprint density at radius 1 is 1.35 bits per heavy atom. The zero-order valence-electron chi connectivity index (χ0n) is 12.4. The Bertz CT molecular complexity index is 661. The summed E-state index contributed by atoms with van der Waals surface area (Å²) in [7, 11) is -1.42. The van der Waals surface area contributed by atoms with Gasteiger partial charge in [-0.15, -0.1) is 0 Å². The second-order valence-corrected chi connectivity index (χ2v) is 5.38. The Hall–Kier alpha value is -2.55. The van der Waals surface area contributed by atoms with E-state index < -0.39 is 24.9 Å². The molecule has 1 unspecified atom stereocenters. The van der Waals surface area contributed by atoms with E-state index in [9.17, 15) is 24.5 Å². The third-order valence-corrected chi connectivity index (χ3v) is 3.45. The molecule has 0 bridgehead atoms. The molecule has 0 saturated carbocycles. The maximum Gasteiger partial charge on any atom is 0.547 e. The summed E-state index contributed by atoms with van der Waals surface area (Å²) in [4.78, 5) is 33.8. The first-order valence-corrected chi connectivity index (χ1v) is 7.00. The van der Waals surface area contributed by atoms with Crippen LogP contribution in [0.5, 0.6) is 11.5 Å². The van der Waals surface area contributed by atoms with Crippen LogP contribution in [0.25, 0.3) is 0 Å². The zero-order valence-corrected chi connectivity index (χ0v) is 12.4. The van der Waals surface area contributed by atoms with Gasteiger partial charge in [-0.3, -0.25) is 4.79 Å². The first kappa shape index (κ1) is 16.8. The fourth-order valence-electron chi connectivity index (χ4n) is 2.35. The molecular formula is C14H16BNO7. The number of aromatic carboxylic acids is 1. The van der Waals surface area contributed by atoms with Crippen molar-refractivity contribution in [2.24, 2.45) is 0 Å². The van der Waals surface area contributed by atoms with Crippen molar-refractivity contribution in [1.82, 2.24) is 5.32 Å². The van der Waals surface area contributed by atoms with E-state index in [-0.39, 0.29) is 42.1 Å². The van der Waals surface area contributed by atoms with Crippen molar-refractivity contribution in [2.75, 3.05) is 0 Å². The average molecular weight is 321 g/mol. The van der Waals surface area contributed by atoms with Crippen LogP contribution in [-0.4, -0.2) is 46.0 Å². The smallest absolute Gasteiger partial charge is 0.534 e. The summed E-state index contributed by atoms with van der Waals surface area (Å²) in [6, 6.07) is 2.35. The number of fused-ring (bicyclic) bond motifs is 1. The van der Waals surface area contributed by atoms with Gasteiger partial charge in [0.15, 0.2) is 0 Å². The number of phenolic OH excluding ortho intramolecular Hbond substituents is 1. The summed E-state index contributed by atoms with van der Waals surface area (Å²) in [5, 5.41) is 31.2. The summed E-state index contributed by atoms with van der Waals surface area (Å²) < 4.78 is 5.20. The Labute approximate surface area is 132 Å². The summed E-state index contributed by atoms with van der Waals surface area (Å²) in [5.74, 6) is -2.92. The van der Waals surface area contributed by atoms with Gasteiger partial charge in [0.1, 0.15) is 22.8 Å². The van der Waals surface area contributed by atoms with Crippen LogP contribution >= 0.6 is 0 Å². The summed E-state index contributed by atoms with van der Waals surface area (Å²) in [6.07, 6.45) is 0.179. The van der Waals surface area contributed by atoms with Crippen LogP contribution in [0.3, 0.4) is 0 Å². The molecule has 23 heavy (non-hydrogen) atoms. The minimum atomic E-state index is -1.42. The highest BCUT2D eigenvalue weighted by Gasteiger charge is 2.38. The maximum absolute atomic E-state index is 11.7. The lowest BCUT2D eigenvalue weighted by Gasteiger charge is -2.29. The lowest BCUT2D eigenvalue weighted by molar-refractivity contribution is -0.124. The van der Waals surface area contributed by atoms with E-state index in [2.05, 4.69) is 5.32 Å². The van der Waals surface area contributed by atoms with Crippen LogP contribution in [0.1, 0.15) is 35.7 Å². The first-order chi connectivity index (χ1) is 10.8.